The molecule has 5 nitrogen and oxygen atoms in total. The lowest BCUT2D eigenvalue weighted by Crippen LogP contribution is -2.51. The summed E-state index contributed by atoms with van der Waals surface area (Å²) in [6.45, 7) is -0.166. The Bertz CT molecular complexity index is 529. The van der Waals surface area contributed by atoms with Gasteiger partial charge in [0.2, 0.25) is 10.0 Å². The molecule has 0 atom stereocenters. The summed E-state index contributed by atoms with van der Waals surface area (Å²) in [6.07, 6.45) is 0. The first-order valence-electron chi connectivity index (χ1n) is 4.95. The molecule has 0 aliphatic heterocycles. The van der Waals surface area contributed by atoms with Crippen molar-refractivity contribution < 1.29 is 27.4 Å². The van der Waals surface area contributed by atoms with Crippen molar-refractivity contribution in [3.8, 4) is 0 Å². The number of aliphatic hydroxyl groups excluding tert-OH is 2. The molecule has 0 bridgehead atoms. The van der Waals surface area contributed by atoms with E-state index in [1.54, 1.807) is 0 Å². The maximum Gasteiger partial charge on any atom is 0.244 e. The molecule has 102 valence electrons. The van der Waals surface area contributed by atoms with E-state index in [4.69, 9.17) is 10.2 Å². The lowest BCUT2D eigenvalue weighted by atomic mass is 10.1. The van der Waals surface area contributed by atoms with Crippen molar-refractivity contribution in [3.63, 3.8) is 0 Å². The lowest BCUT2D eigenvalue weighted by molar-refractivity contribution is 0.121. The van der Waals surface area contributed by atoms with E-state index in [1.807, 2.05) is 4.72 Å². The fourth-order valence-electron chi connectivity index (χ4n) is 1.18. The highest BCUT2D eigenvalue weighted by Gasteiger charge is 2.31. The highest BCUT2D eigenvalue weighted by molar-refractivity contribution is 7.89. The lowest BCUT2D eigenvalue weighted by Gasteiger charge is -2.25. The molecule has 8 heteroatoms. The summed E-state index contributed by atoms with van der Waals surface area (Å²) >= 11 is 0. The Labute approximate surface area is 103 Å². The first kappa shape index (κ1) is 15.0. The SMILES string of the molecule is CC(CO)(CO)NS(=O)(=O)c1cc(F)ccc1F. The van der Waals surface area contributed by atoms with Gasteiger partial charge >= 0.3 is 0 Å². The number of sulfonamides is 1. The second kappa shape index (κ2) is 5.27. The van der Waals surface area contributed by atoms with Gasteiger partial charge in [-0.2, -0.15) is 0 Å². The second-order valence-corrected chi connectivity index (χ2v) is 5.71. The van der Waals surface area contributed by atoms with E-state index in [-0.39, 0.29) is 0 Å². The summed E-state index contributed by atoms with van der Waals surface area (Å²) in [7, 11) is -4.38. The Morgan fingerprint density at radius 2 is 1.83 bits per heavy atom. The van der Waals surface area contributed by atoms with Crippen LogP contribution in [-0.4, -0.2) is 37.4 Å². The summed E-state index contributed by atoms with van der Waals surface area (Å²) in [4.78, 5) is -0.879. The molecular formula is C10H13F2NO4S. The number of aliphatic hydroxyl groups is 2. The molecule has 3 N–H and O–H groups in total. The summed E-state index contributed by atoms with van der Waals surface area (Å²) in [6, 6.07) is 1.98. The third-order valence-corrected chi connectivity index (χ3v) is 3.91. The average Bonchev–Trinajstić information content (AvgIpc) is 2.31. The van der Waals surface area contributed by atoms with Crippen LogP contribution in [0, 0.1) is 11.6 Å². The fraction of sp³-hybridized carbons (Fsp3) is 0.400. The molecule has 0 amide bonds. The summed E-state index contributed by atoms with van der Waals surface area (Å²) < 4.78 is 51.8. The Kier molecular flexibility index (Phi) is 4.38. The molecule has 0 saturated heterocycles. The van der Waals surface area contributed by atoms with E-state index < -0.39 is 45.3 Å². The average molecular weight is 281 g/mol. The quantitative estimate of drug-likeness (QED) is 0.708. The van der Waals surface area contributed by atoms with Crippen LogP contribution in [0.25, 0.3) is 0 Å². The van der Waals surface area contributed by atoms with E-state index in [2.05, 4.69) is 0 Å². The zero-order valence-electron chi connectivity index (χ0n) is 9.52. The number of hydrogen-bond donors (Lipinski definition) is 3. The molecule has 0 saturated carbocycles. The predicted molar refractivity (Wildman–Crippen MR) is 59.3 cm³/mol. The molecule has 0 aliphatic rings. The standard InChI is InChI=1S/C10H13F2NO4S/c1-10(5-14,6-15)13-18(16,17)9-4-7(11)2-3-8(9)12/h2-4,13-15H,5-6H2,1H3. The molecule has 0 aromatic heterocycles. The van der Waals surface area contributed by atoms with Gasteiger partial charge in [-0.1, -0.05) is 0 Å². The number of halogens is 2. The van der Waals surface area contributed by atoms with Crippen LogP contribution in [-0.2, 0) is 10.0 Å². The van der Waals surface area contributed by atoms with Gasteiger partial charge in [-0.3, -0.25) is 0 Å². The molecule has 1 rings (SSSR count). The van der Waals surface area contributed by atoms with Gasteiger partial charge in [-0.05, 0) is 25.1 Å². The number of nitrogens with one attached hydrogen (secondary N) is 1. The molecule has 0 unspecified atom stereocenters. The maximum atomic E-state index is 13.3. The first-order chi connectivity index (χ1) is 8.24. The van der Waals surface area contributed by atoms with Crippen LogP contribution in [0.3, 0.4) is 0 Å². The zero-order valence-corrected chi connectivity index (χ0v) is 10.3. The molecule has 0 fully saturated rings. The molecule has 0 radical (unpaired) electrons. The van der Waals surface area contributed by atoms with Crippen LogP contribution in [0.1, 0.15) is 6.92 Å². The number of rotatable bonds is 5. The van der Waals surface area contributed by atoms with Crippen molar-refractivity contribution in [1.82, 2.24) is 4.72 Å². The fourth-order valence-corrected chi connectivity index (χ4v) is 2.66. The van der Waals surface area contributed by atoms with E-state index in [1.165, 1.54) is 6.92 Å². The van der Waals surface area contributed by atoms with Crippen LogP contribution in [0.5, 0.6) is 0 Å². The molecule has 0 spiro atoms. The molecule has 0 heterocycles. The highest BCUT2D eigenvalue weighted by atomic mass is 32.2. The minimum Gasteiger partial charge on any atom is -0.394 e. The maximum absolute atomic E-state index is 13.3. The van der Waals surface area contributed by atoms with E-state index >= 15 is 0 Å². The minimum absolute atomic E-state index is 0.521. The van der Waals surface area contributed by atoms with Gasteiger partial charge in [0.25, 0.3) is 0 Å². The van der Waals surface area contributed by atoms with E-state index in [0.29, 0.717) is 12.1 Å². The normalized spacial score (nSPS) is 12.7. The first-order valence-corrected chi connectivity index (χ1v) is 6.43. The van der Waals surface area contributed by atoms with Gasteiger partial charge in [0.1, 0.15) is 16.5 Å². The topological polar surface area (TPSA) is 86.6 Å². The van der Waals surface area contributed by atoms with Gasteiger partial charge in [0.15, 0.2) is 0 Å². The second-order valence-electron chi connectivity index (χ2n) is 4.06. The third-order valence-electron chi connectivity index (χ3n) is 2.26. The van der Waals surface area contributed by atoms with Crippen LogP contribution in [0.15, 0.2) is 23.1 Å². The van der Waals surface area contributed by atoms with Crippen LogP contribution in [0.2, 0.25) is 0 Å². The van der Waals surface area contributed by atoms with E-state index in [0.717, 1.165) is 6.07 Å². The van der Waals surface area contributed by atoms with Gasteiger partial charge in [-0.25, -0.2) is 21.9 Å². The van der Waals surface area contributed by atoms with Gasteiger partial charge < -0.3 is 10.2 Å². The Morgan fingerprint density at radius 1 is 1.28 bits per heavy atom. The largest absolute Gasteiger partial charge is 0.394 e. The summed E-state index contributed by atoms with van der Waals surface area (Å²) in [5, 5.41) is 17.9. The monoisotopic (exact) mass is 281 g/mol. The Hall–Kier alpha value is -1.09. The smallest absolute Gasteiger partial charge is 0.244 e. The summed E-state index contributed by atoms with van der Waals surface area (Å²) in [5.41, 5.74) is -1.56. The molecule has 0 aliphatic carbocycles. The third kappa shape index (κ3) is 3.22. The highest BCUT2D eigenvalue weighted by Crippen LogP contribution is 2.17. The van der Waals surface area contributed by atoms with Crippen LogP contribution < -0.4 is 4.72 Å². The van der Waals surface area contributed by atoms with Crippen molar-refractivity contribution in [1.29, 1.82) is 0 Å². The van der Waals surface area contributed by atoms with Crippen molar-refractivity contribution >= 4 is 10.0 Å². The van der Waals surface area contributed by atoms with Crippen molar-refractivity contribution in [2.24, 2.45) is 0 Å². The number of hydrogen-bond acceptors (Lipinski definition) is 4. The predicted octanol–water partition coefficient (Wildman–Crippen LogP) is -0.0136. The van der Waals surface area contributed by atoms with Crippen molar-refractivity contribution in [2.45, 2.75) is 17.4 Å². The Balaban J connectivity index is 3.18. The zero-order chi connectivity index (χ0) is 14.0. The summed E-state index contributed by atoms with van der Waals surface area (Å²) in [5.74, 6) is -2.03. The van der Waals surface area contributed by atoms with Gasteiger partial charge in [0, 0.05) is 0 Å². The van der Waals surface area contributed by atoms with Crippen LogP contribution in [0.4, 0.5) is 8.78 Å². The molecule has 18 heavy (non-hydrogen) atoms. The van der Waals surface area contributed by atoms with Gasteiger partial charge in [-0.15, -0.1) is 0 Å². The van der Waals surface area contributed by atoms with Crippen molar-refractivity contribution in [2.75, 3.05) is 13.2 Å². The molecule has 1 aromatic rings. The van der Waals surface area contributed by atoms with Gasteiger partial charge in [0.05, 0.1) is 18.8 Å². The van der Waals surface area contributed by atoms with E-state index in [9.17, 15) is 17.2 Å². The number of benzene rings is 1. The molecule has 1 aromatic carbocycles. The Morgan fingerprint density at radius 3 is 2.33 bits per heavy atom. The molecular weight excluding hydrogens is 268 g/mol. The van der Waals surface area contributed by atoms with Crippen molar-refractivity contribution in [3.05, 3.63) is 29.8 Å². The van der Waals surface area contributed by atoms with Crippen LogP contribution >= 0.6 is 0 Å². The minimum atomic E-state index is -4.38.